The molecule has 2 aromatic carbocycles. The molecule has 1 N–H and O–H groups in total. The number of benzene rings is 2. The molecule has 19 heavy (non-hydrogen) atoms. The Hall–Kier alpha value is -1.87. The molecule has 0 fully saturated rings. The summed E-state index contributed by atoms with van der Waals surface area (Å²) in [6.45, 7) is 0.883. The lowest BCUT2D eigenvalue weighted by atomic mass is 10.00. The number of carbonyl (C=O) groups excluding carboxylic acids is 1. The van der Waals surface area contributed by atoms with Gasteiger partial charge in [-0.25, -0.2) is 4.39 Å². The van der Waals surface area contributed by atoms with Crippen LogP contribution in [0, 0.1) is 5.82 Å². The summed E-state index contributed by atoms with van der Waals surface area (Å²) in [5, 5.41) is 3.50. The summed E-state index contributed by atoms with van der Waals surface area (Å²) in [7, 11) is 0. The van der Waals surface area contributed by atoms with Gasteiger partial charge in [-0.2, -0.15) is 0 Å². The summed E-state index contributed by atoms with van der Waals surface area (Å²) in [5.74, 6) is -0.713. The van der Waals surface area contributed by atoms with Gasteiger partial charge in [0.1, 0.15) is 5.82 Å². The lowest BCUT2D eigenvalue weighted by Gasteiger charge is -2.06. The van der Waals surface area contributed by atoms with Gasteiger partial charge < -0.3 is 5.32 Å². The third-order valence-electron chi connectivity index (χ3n) is 3.25. The Kier molecular flexibility index (Phi) is 2.99. The van der Waals surface area contributed by atoms with Crippen LogP contribution in [-0.2, 0) is 6.42 Å². The van der Waals surface area contributed by atoms with E-state index < -0.39 is 5.82 Å². The second kappa shape index (κ2) is 4.67. The molecule has 2 nitrogen and oxygen atoms in total. The average Bonchev–Trinajstić information content (AvgIpc) is 2.88. The first kappa shape index (κ1) is 12.2. The fourth-order valence-electron chi connectivity index (χ4n) is 2.27. The SMILES string of the molecule is O=C(c1ccc2c(c1)CCN2)c1cc(F)ccc1Cl. The Balaban J connectivity index is 2.02. The van der Waals surface area contributed by atoms with Gasteiger partial charge in [0, 0.05) is 23.4 Å². The van der Waals surface area contributed by atoms with E-state index in [-0.39, 0.29) is 16.4 Å². The molecule has 0 aliphatic carbocycles. The van der Waals surface area contributed by atoms with Gasteiger partial charge in [-0.1, -0.05) is 11.6 Å². The molecule has 4 heteroatoms. The lowest BCUT2D eigenvalue weighted by molar-refractivity contribution is 0.103. The van der Waals surface area contributed by atoms with Gasteiger partial charge in [0.15, 0.2) is 5.78 Å². The molecule has 96 valence electrons. The van der Waals surface area contributed by atoms with Crippen molar-refractivity contribution in [3.8, 4) is 0 Å². The Morgan fingerprint density at radius 3 is 2.89 bits per heavy atom. The number of hydrogen-bond acceptors (Lipinski definition) is 2. The van der Waals surface area contributed by atoms with E-state index in [2.05, 4.69) is 5.32 Å². The van der Waals surface area contributed by atoms with E-state index in [1.54, 1.807) is 6.07 Å². The molecule has 0 bridgehead atoms. The van der Waals surface area contributed by atoms with Crippen molar-refractivity contribution in [2.75, 3.05) is 11.9 Å². The van der Waals surface area contributed by atoms with Gasteiger partial charge in [-0.15, -0.1) is 0 Å². The van der Waals surface area contributed by atoms with Crippen LogP contribution in [0.4, 0.5) is 10.1 Å². The van der Waals surface area contributed by atoms with Crippen LogP contribution in [0.15, 0.2) is 36.4 Å². The van der Waals surface area contributed by atoms with Crippen molar-refractivity contribution in [2.45, 2.75) is 6.42 Å². The van der Waals surface area contributed by atoms with E-state index in [0.29, 0.717) is 5.56 Å². The van der Waals surface area contributed by atoms with E-state index in [4.69, 9.17) is 11.6 Å². The van der Waals surface area contributed by atoms with Crippen LogP contribution in [-0.4, -0.2) is 12.3 Å². The Morgan fingerprint density at radius 1 is 1.21 bits per heavy atom. The van der Waals surface area contributed by atoms with Gasteiger partial charge in [0.05, 0.1) is 5.02 Å². The molecule has 0 saturated heterocycles. The average molecular weight is 276 g/mol. The van der Waals surface area contributed by atoms with Crippen LogP contribution in [0.3, 0.4) is 0 Å². The maximum atomic E-state index is 13.2. The minimum atomic E-state index is -0.462. The zero-order valence-electron chi connectivity index (χ0n) is 10.0. The highest BCUT2D eigenvalue weighted by Gasteiger charge is 2.17. The number of rotatable bonds is 2. The highest BCUT2D eigenvalue weighted by Crippen LogP contribution is 2.26. The van der Waals surface area contributed by atoms with Crippen molar-refractivity contribution in [3.05, 3.63) is 63.9 Å². The Morgan fingerprint density at radius 2 is 2.05 bits per heavy atom. The molecule has 2 aromatic rings. The summed E-state index contributed by atoms with van der Waals surface area (Å²) >= 11 is 5.96. The molecule has 1 heterocycles. The third-order valence-corrected chi connectivity index (χ3v) is 3.58. The zero-order chi connectivity index (χ0) is 13.4. The first-order chi connectivity index (χ1) is 9.15. The van der Waals surface area contributed by atoms with E-state index in [0.717, 1.165) is 24.2 Å². The van der Waals surface area contributed by atoms with Crippen molar-refractivity contribution >= 4 is 23.1 Å². The first-order valence-electron chi connectivity index (χ1n) is 6.02. The molecule has 0 aromatic heterocycles. The quantitative estimate of drug-likeness (QED) is 0.847. The lowest BCUT2D eigenvalue weighted by Crippen LogP contribution is -2.03. The molecule has 3 rings (SSSR count). The second-order valence-electron chi connectivity index (χ2n) is 4.50. The number of fused-ring (bicyclic) bond motifs is 1. The highest BCUT2D eigenvalue weighted by atomic mass is 35.5. The Labute approximate surface area is 115 Å². The van der Waals surface area contributed by atoms with Crippen molar-refractivity contribution < 1.29 is 9.18 Å². The Bertz CT molecular complexity index is 669. The molecular formula is C15H11ClFNO. The number of halogens is 2. The molecule has 0 saturated carbocycles. The van der Waals surface area contributed by atoms with E-state index in [1.807, 2.05) is 12.1 Å². The predicted molar refractivity (Wildman–Crippen MR) is 73.5 cm³/mol. The van der Waals surface area contributed by atoms with Crippen LogP contribution >= 0.6 is 11.6 Å². The van der Waals surface area contributed by atoms with Gasteiger partial charge >= 0.3 is 0 Å². The van der Waals surface area contributed by atoms with Crippen LogP contribution in [0.1, 0.15) is 21.5 Å². The molecule has 0 unspecified atom stereocenters. The van der Waals surface area contributed by atoms with E-state index in [9.17, 15) is 9.18 Å². The summed E-state index contributed by atoms with van der Waals surface area (Å²) in [6, 6.07) is 9.28. The largest absolute Gasteiger partial charge is 0.384 e. The number of ketones is 1. The molecule has 0 atom stereocenters. The number of anilines is 1. The molecule has 0 spiro atoms. The van der Waals surface area contributed by atoms with Crippen molar-refractivity contribution in [3.63, 3.8) is 0 Å². The number of hydrogen-bond donors (Lipinski definition) is 1. The maximum absolute atomic E-state index is 13.2. The maximum Gasteiger partial charge on any atom is 0.194 e. The van der Waals surface area contributed by atoms with Crippen LogP contribution in [0.2, 0.25) is 5.02 Å². The van der Waals surface area contributed by atoms with Crippen LogP contribution < -0.4 is 5.32 Å². The smallest absolute Gasteiger partial charge is 0.194 e. The standard InChI is InChI=1S/C15H11ClFNO/c16-13-3-2-11(17)8-12(13)15(19)10-1-4-14-9(7-10)5-6-18-14/h1-4,7-8,18H,5-6H2. The van der Waals surface area contributed by atoms with Gasteiger partial charge in [-0.3, -0.25) is 4.79 Å². The highest BCUT2D eigenvalue weighted by molar-refractivity contribution is 6.35. The minimum absolute atomic E-state index is 0.201. The molecule has 1 aliphatic heterocycles. The summed E-state index contributed by atoms with van der Waals surface area (Å²) in [4.78, 5) is 12.3. The van der Waals surface area contributed by atoms with Crippen LogP contribution in [0.5, 0.6) is 0 Å². The van der Waals surface area contributed by atoms with E-state index >= 15 is 0 Å². The number of carbonyl (C=O) groups is 1. The normalized spacial score (nSPS) is 12.9. The zero-order valence-corrected chi connectivity index (χ0v) is 10.8. The van der Waals surface area contributed by atoms with Crippen molar-refractivity contribution in [1.82, 2.24) is 0 Å². The fourth-order valence-corrected chi connectivity index (χ4v) is 2.48. The summed E-state index contributed by atoms with van der Waals surface area (Å²) in [6.07, 6.45) is 0.896. The topological polar surface area (TPSA) is 29.1 Å². The molecular weight excluding hydrogens is 265 g/mol. The van der Waals surface area contributed by atoms with E-state index in [1.165, 1.54) is 18.2 Å². The third kappa shape index (κ3) is 2.22. The van der Waals surface area contributed by atoms with Gasteiger partial charge in [0.2, 0.25) is 0 Å². The summed E-state index contributed by atoms with van der Waals surface area (Å²) in [5.41, 5.74) is 2.91. The molecule has 1 aliphatic rings. The summed E-state index contributed by atoms with van der Waals surface area (Å²) < 4.78 is 13.2. The van der Waals surface area contributed by atoms with Gasteiger partial charge in [-0.05, 0) is 48.4 Å². The van der Waals surface area contributed by atoms with Gasteiger partial charge in [0.25, 0.3) is 0 Å². The fraction of sp³-hybridized carbons (Fsp3) is 0.133. The first-order valence-corrected chi connectivity index (χ1v) is 6.39. The molecule has 0 amide bonds. The minimum Gasteiger partial charge on any atom is -0.384 e. The van der Waals surface area contributed by atoms with Crippen molar-refractivity contribution in [1.29, 1.82) is 0 Å². The molecule has 0 radical (unpaired) electrons. The number of nitrogens with one attached hydrogen (secondary N) is 1. The van der Waals surface area contributed by atoms with Crippen LogP contribution in [0.25, 0.3) is 0 Å². The monoisotopic (exact) mass is 275 g/mol. The second-order valence-corrected chi connectivity index (χ2v) is 4.91. The predicted octanol–water partition coefficient (Wildman–Crippen LogP) is 3.68. The van der Waals surface area contributed by atoms with Crippen molar-refractivity contribution in [2.24, 2.45) is 0 Å².